The lowest BCUT2D eigenvalue weighted by Gasteiger charge is -2.17. The quantitative estimate of drug-likeness (QED) is 0.543. The van der Waals surface area contributed by atoms with Gasteiger partial charge in [0.25, 0.3) is 11.5 Å². The number of carbonyl (C=O) groups excluding carboxylic acids is 2. The van der Waals surface area contributed by atoms with Crippen LogP contribution in [-0.4, -0.2) is 26.7 Å². The summed E-state index contributed by atoms with van der Waals surface area (Å²) in [5.41, 5.74) is 1.57. The van der Waals surface area contributed by atoms with Gasteiger partial charge in [-0.3, -0.25) is 9.78 Å². The second kappa shape index (κ2) is 9.22. The molecule has 0 bridgehead atoms. The number of ether oxygens (including phenoxy) is 2. The molecule has 0 spiro atoms. The average molecular weight is 468 g/mol. The zero-order chi connectivity index (χ0) is 24.4. The van der Waals surface area contributed by atoms with Crippen molar-refractivity contribution in [3.63, 3.8) is 0 Å². The minimum absolute atomic E-state index is 0.0204. The molecule has 0 radical (unpaired) electrons. The van der Waals surface area contributed by atoms with Crippen LogP contribution in [0.3, 0.4) is 0 Å². The summed E-state index contributed by atoms with van der Waals surface area (Å²) in [7, 11) is 0. The zero-order valence-corrected chi connectivity index (χ0v) is 18.7. The number of aryl methyl sites for hydroxylation is 1. The molecule has 2 aliphatic rings. The van der Waals surface area contributed by atoms with Gasteiger partial charge in [0, 0.05) is 18.3 Å². The summed E-state index contributed by atoms with van der Waals surface area (Å²) in [6.45, 7) is 2.06. The summed E-state index contributed by atoms with van der Waals surface area (Å²) < 4.78 is 12.1. The first-order valence-corrected chi connectivity index (χ1v) is 11.0. The van der Waals surface area contributed by atoms with Crippen LogP contribution < -0.4 is 10.9 Å². The largest absolute Gasteiger partial charge is 0.389 e. The first-order valence-electron chi connectivity index (χ1n) is 11.0. The molecule has 0 amide bonds. The number of benzene rings is 1. The van der Waals surface area contributed by atoms with Crippen molar-refractivity contribution < 1.29 is 19.1 Å². The van der Waals surface area contributed by atoms with Gasteiger partial charge >= 0.3 is 11.9 Å². The predicted molar refractivity (Wildman–Crippen MR) is 128 cm³/mol. The van der Waals surface area contributed by atoms with E-state index in [2.05, 4.69) is 15.4 Å². The fraction of sp³-hybridized carbons (Fsp3) is 0.115. The molecule has 0 atom stereocenters. The van der Waals surface area contributed by atoms with Crippen LogP contribution in [0.15, 0.2) is 95.0 Å². The molecule has 0 unspecified atom stereocenters. The molecule has 0 saturated carbocycles. The van der Waals surface area contributed by atoms with E-state index in [4.69, 9.17) is 9.47 Å². The number of rotatable bonds is 6. The number of nitrogens with zero attached hydrogens (tertiary/aromatic N) is 3. The summed E-state index contributed by atoms with van der Waals surface area (Å²) in [6.07, 6.45) is 8.67. The highest BCUT2D eigenvalue weighted by molar-refractivity contribution is 6.03. The Morgan fingerprint density at radius 2 is 2.00 bits per heavy atom. The molecule has 9 nitrogen and oxygen atoms in total. The van der Waals surface area contributed by atoms with Gasteiger partial charge in [0.1, 0.15) is 16.9 Å². The first-order chi connectivity index (χ1) is 17.1. The smallest absolute Gasteiger partial charge is 0.350 e. The lowest BCUT2D eigenvalue weighted by Crippen LogP contribution is -2.29. The van der Waals surface area contributed by atoms with Crippen molar-refractivity contribution in [2.75, 3.05) is 5.32 Å². The van der Waals surface area contributed by atoms with Crippen LogP contribution in [0.4, 0.5) is 11.4 Å². The van der Waals surface area contributed by atoms with Crippen molar-refractivity contribution >= 4 is 23.3 Å². The minimum Gasteiger partial charge on any atom is -0.389 e. The second-order valence-electron chi connectivity index (χ2n) is 7.71. The van der Waals surface area contributed by atoms with E-state index in [1.165, 1.54) is 10.9 Å². The van der Waals surface area contributed by atoms with Gasteiger partial charge in [-0.15, -0.1) is 0 Å². The van der Waals surface area contributed by atoms with E-state index in [-0.39, 0.29) is 29.4 Å². The van der Waals surface area contributed by atoms with E-state index in [0.29, 0.717) is 28.8 Å². The number of hydrogen-bond donors (Lipinski definition) is 1. The van der Waals surface area contributed by atoms with Gasteiger partial charge in [-0.05, 0) is 31.6 Å². The van der Waals surface area contributed by atoms with E-state index in [9.17, 15) is 14.4 Å². The van der Waals surface area contributed by atoms with Gasteiger partial charge < -0.3 is 14.8 Å². The monoisotopic (exact) mass is 468 g/mol. The molecule has 35 heavy (non-hydrogen) atoms. The molecular weight excluding hydrogens is 448 g/mol. The topological polar surface area (TPSA) is 112 Å². The Labute approximate surface area is 200 Å². The predicted octanol–water partition coefficient (Wildman–Crippen LogP) is 3.88. The van der Waals surface area contributed by atoms with E-state index in [1.54, 1.807) is 61.7 Å². The van der Waals surface area contributed by atoms with E-state index in [1.807, 2.05) is 12.1 Å². The van der Waals surface area contributed by atoms with Gasteiger partial charge in [0.05, 0.1) is 23.0 Å². The number of cyclic esters (lactones) is 1. The van der Waals surface area contributed by atoms with Crippen molar-refractivity contribution in [2.24, 2.45) is 0 Å². The van der Waals surface area contributed by atoms with Crippen LogP contribution in [-0.2, 0) is 20.8 Å². The molecule has 0 saturated heterocycles. The summed E-state index contributed by atoms with van der Waals surface area (Å²) in [6, 6.07) is 12.4. The van der Waals surface area contributed by atoms with E-state index >= 15 is 0 Å². The summed E-state index contributed by atoms with van der Waals surface area (Å²) in [5, 5.41) is 7.47. The second-order valence-corrected chi connectivity index (χ2v) is 7.71. The van der Waals surface area contributed by atoms with Crippen molar-refractivity contribution in [2.45, 2.75) is 19.9 Å². The standard InChI is InChI=1S/C26H20N4O5/c1-2-30-23(31)22(28-17-11-8-14-27-15-17)20(21(29-30)16-9-4-3-5-10-16)25(33)35-26-19-13-7-6-12-18(19)24(32)34-26/h3-12,14-15,28H,2,13H2,1H3. The lowest BCUT2D eigenvalue weighted by molar-refractivity contribution is -0.136. The molecule has 174 valence electrons. The lowest BCUT2D eigenvalue weighted by atomic mass is 10.0. The molecule has 1 N–H and O–H groups in total. The van der Waals surface area contributed by atoms with Gasteiger partial charge in [0.15, 0.2) is 0 Å². The number of carbonyl (C=O) groups is 2. The van der Waals surface area contributed by atoms with Crippen molar-refractivity contribution in [1.29, 1.82) is 0 Å². The highest BCUT2D eigenvalue weighted by Crippen LogP contribution is 2.34. The Morgan fingerprint density at radius 3 is 2.74 bits per heavy atom. The molecule has 1 aromatic carbocycles. The highest BCUT2D eigenvalue weighted by atomic mass is 16.7. The molecule has 9 heteroatoms. The molecule has 0 fully saturated rings. The Kier molecular flexibility index (Phi) is 5.80. The molecule has 3 heterocycles. The van der Waals surface area contributed by atoms with Crippen molar-refractivity contribution in [3.05, 3.63) is 106 Å². The van der Waals surface area contributed by atoms with Gasteiger partial charge in [-0.25, -0.2) is 14.3 Å². The Hall–Kier alpha value is -4.79. The Balaban J connectivity index is 1.67. The molecule has 3 aromatic rings. The SMILES string of the molecule is CCn1nc(-c2ccccc2)c(C(=O)OC2=C3CC=CC=C3C(=O)O2)c(Nc2cccnc2)c1=O. The number of hydrogen-bond acceptors (Lipinski definition) is 8. The first kappa shape index (κ1) is 22.0. The summed E-state index contributed by atoms with van der Waals surface area (Å²) in [4.78, 5) is 43.2. The van der Waals surface area contributed by atoms with Crippen LogP contribution in [0.5, 0.6) is 0 Å². The number of pyridine rings is 1. The molecule has 2 aromatic heterocycles. The normalized spacial score (nSPS) is 14.3. The highest BCUT2D eigenvalue weighted by Gasteiger charge is 2.35. The van der Waals surface area contributed by atoms with Crippen molar-refractivity contribution in [3.8, 4) is 11.3 Å². The maximum Gasteiger partial charge on any atom is 0.350 e. The van der Waals surface area contributed by atoms with Crippen LogP contribution in [0, 0.1) is 0 Å². The molecule has 1 aliphatic carbocycles. The minimum atomic E-state index is -0.880. The van der Waals surface area contributed by atoms with E-state index < -0.39 is 17.5 Å². The fourth-order valence-electron chi connectivity index (χ4n) is 3.84. The molecule has 1 aliphatic heterocycles. The number of nitrogens with one attached hydrogen (secondary N) is 1. The number of allylic oxidation sites excluding steroid dienone is 3. The van der Waals surface area contributed by atoms with Gasteiger partial charge in [-0.1, -0.05) is 42.5 Å². The Bertz CT molecular complexity index is 1470. The maximum atomic E-state index is 13.6. The number of fused-ring (bicyclic) bond motifs is 1. The summed E-state index contributed by atoms with van der Waals surface area (Å²) in [5.74, 6) is -1.67. The molecule has 5 rings (SSSR count). The van der Waals surface area contributed by atoms with Crippen LogP contribution in [0.25, 0.3) is 11.3 Å². The van der Waals surface area contributed by atoms with E-state index in [0.717, 1.165) is 0 Å². The van der Waals surface area contributed by atoms with Crippen LogP contribution >= 0.6 is 0 Å². The van der Waals surface area contributed by atoms with Crippen molar-refractivity contribution in [1.82, 2.24) is 14.8 Å². The third-order valence-electron chi connectivity index (χ3n) is 5.52. The third kappa shape index (κ3) is 4.15. The van der Waals surface area contributed by atoms with Gasteiger partial charge in [0.2, 0.25) is 0 Å². The number of aromatic nitrogens is 3. The third-order valence-corrected chi connectivity index (χ3v) is 5.52. The van der Waals surface area contributed by atoms with Crippen LogP contribution in [0.2, 0.25) is 0 Å². The zero-order valence-electron chi connectivity index (χ0n) is 18.7. The number of anilines is 2. The molecular formula is C26H20N4O5. The van der Waals surface area contributed by atoms with Crippen LogP contribution in [0.1, 0.15) is 23.7 Å². The average Bonchev–Trinajstić information content (AvgIpc) is 3.21. The maximum absolute atomic E-state index is 13.6. The number of esters is 2. The summed E-state index contributed by atoms with van der Waals surface area (Å²) >= 11 is 0. The fourth-order valence-corrected chi connectivity index (χ4v) is 3.84. The Morgan fingerprint density at radius 1 is 1.17 bits per heavy atom. The van der Waals surface area contributed by atoms with Gasteiger partial charge in [-0.2, -0.15) is 5.10 Å².